The molecule has 2 aliphatic rings. The fraction of sp³-hybridized carbons (Fsp3) is 0.560. The van der Waals surface area contributed by atoms with Crippen molar-refractivity contribution in [3.05, 3.63) is 35.1 Å². The zero-order chi connectivity index (χ0) is 23.8. The second-order valence-corrected chi connectivity index (χ2v) is 8.72. The van der Waals surface area contributed by atoms with E-state index in [9.17, 15) is 14.4 Å². The van der Waals surface area contributed by atoms with E-state index in [0.717, 1.165) is 18.5 Å². The highest BCUT2D eigenvalue weighted by atomic mass is 16.5. The fourth-order valence-corrected chi connectivity index (χ4v) is 3.64. The van der Waals surface area contributed by atoms with Crippen LogP contribution in [0, 0.1) is 12.8 Å². The van der Waals surface area contributed by atoms with E-state index in [4.69, 9.17) is 9.47 Å². The van der Waals surface area contributed by atoms with E-state index in [2.05, 4.69) is 10.6 Å². The molecule has 0 aromatic heterocycles. The molecule has 1 heterocycles. The number of likely N-dealkylation sites (tertiary alicyclic amines) is 1. The van der Waals surface area contributed by atoms with Gasteiger partial charge in [-0.25, -0.2) is 0 Å². The van der Waals surface area contributed by atoms with Crippen molar-refractivity contribution in [2.45, 2.75) is 52.9 Å². The van der Waals surface area contributed by atoms with E-state index in [1.807, 2.05) is 18.7 Å². The number of nitrogens with zero attached hydrogens (tertiary/aromatic N) is 1. The lowest BCUT2D eigenvalue weighted by Gasteiger charge is -2.17. The minimum Gasteiger partial charge on any atom is -0.500 e. The summed E-state index contributed by atoms with van der Waals surface area (Å²) < 4.78 is 11.2. The lowest BCUT2D eigenvalue weighted by molar-refractivity contribution is -0.127. The maximum absolute atomic E-state index is 12.9. The first kappa shape index (κ1) is 24.6. The topological polar surface area (TPSA) is 97.0 Å². The lowest BCUT2D eigenvalue weighted by atomic mass is 10.1. The second kappa shape index (κ2) is 11.7. The molecule has 1 aliphatic heterocycles. The van der Waals surface area contributed by atoms with Gasteiger partial charge < -0.3 is 25.0 Å². The summed E-state index contributed by atoms with van der Waals surface area (Å²) in [5.74, 6) is 0.713. The van der Waals surface area contributed by atoms with Gasteiger partial charge in [-0.05, 0) is 70.1 Å². The van der Waals surface area contributed by atoms with E-state index in [0.29, 0.717) is 67.6 Å². The Morgan fingerprint density at radius 1 is 1.27 bits per heavy atom. The van der Waals surface area contributed by atoms with Crippen LogP contribution in [0.5, 0.6) is 5.75 Å². The van der Waals surface area contributed by atoms with Gasteiger partial charge in [-0.1, -0.05) is 0 Å². The monoisotopic (exact) mass is 457 g/mol. The largest absolute Gasteiger partial charge is 0.500 e. The van der Waals surface area contributed by atoms with Crippen molar-refractivity contribution in [3.8, 4) is 5.75 Å². The number of aryl methyl sites for hydroxylation is 1. The first-order chi connectivity index (χ1) is 15.9. The molecule has 1 saturated heterocycles. The van der Waals surface area contributed by atoms with Crippen LogP contribution >= 0.6 is 0 Å². The number of amides is 3. The van der Waals surface area contributed by atoms with Crippen LogP contribution in [-0.4, -0.2) is 55.5 Å². The Morgan fingerprint density at radius 2 is 2.06 bits per heavy atom. The summed E-state index contributed by atoms with van der Waals surface area (Å²) in [5.41, 5.74) is 2.17. The van der Waals surface area contributed by atoms with E-state index in [1.165, 1.54) is 19.1 Å². The molecule has 2 fully saturated rings. The molecule has 1 aliphatic carbocycles. The van der Waals surface area contributed by atoms with E-state index >= 15 is 0 Å². The number of benzene rings is 1. The van der Waals surface area contributed by atoms with E-state index in [-0.39, 0.29) is 17.7 Å². The molecular weight excluding hydrogens is 422 g/mol. The van der Waals surface area contributed by atoms with Gasteiger partial charge in [0.25, 0.3) is 11.8 Å². The van der Waals surface area contributed by atoms with Crippen molar-refractivity contribution in [2.24, 2.45) is 5.92 Å². The molecule has 1 aromatic rings. The maximum atomic E-state index is 12.9. The highest BCUT2D eigenvalue weighted by molar-refractivity contribution is 6.05. The SMILES string of the molecule is CCOc1cc(C)c(NC(=O)/C(C)=C/OCC2CC2)cc1C(=O)NCCCN1CCCC1=O. The Labute approximate surface area is 195 Å². The van der Waals surface area contributed by atoms with Gasteiger partial charge >= 0.3 is 0 Å². The quantitative estimate of drug-likeness (QED) is 0.285. The number of carbonyl (C=O) groups is 3. The fourth-order valence-electron chi connectivity index (χ4n) is 3.64. The Hall–Kier alpha value is -3.03. The van der Waals surface area contributed by atoms with Crippen molar-refractivity contribution in [1.82, 2.24) is 10.2 Å². The first-order valence-corrected chi connectivity index (χ1v) is 11.8. The minimum absolute atomic E-state index is 0.182. The van der Waals surface area contributed by atoms with Crippen LogP contribution in [0.4, 0.5) is 5.69 Å². The predicted octanol–water partition coefficient (Wildman–Crippen LogP) is 3.40. The lowest BCUT2D eigenvalue weighted by Crippen LogP contribution is -2.31. The molecule has 0 atom stereocenters. The van der Waals surface area contributed by atoms with Gasteiger partial charge in [0, 0.05) is 37.3 Å². The third kappa shape index (κ3) is 7.23. The molecular formula is C25H35N3O5. The molecule has 1 saturated carbocycles. The first-order valence-electron chi connectivity index (χ1n) is 11.8. The zero-order valence-corrected chi connectivity index (χ0v) is 19.9. The molecule has 3 amide bonds. The number of carbonyl (C=O) groups excluding carboxylic acids is 3. The van der Waals surface area contributed by atoms with Crippen LogP contribution in [0.25, 0.3) is 0 Å². The van der Waals surface area contributed by atoms with Crippen LogP contribution < -0.4 is 15.4 Å². The predicted molar refractivity (Wildman–Crippen MR) is 126 cm³/mol. The van der Waals surface area contributed by atoms with Gasteiger partial charge in [0.05, 0.1) is 25.0 Å². The van der Waals surface area contributed by atoms with Gasteiger partial charge in [-0.2, -0.15) is 0 Å². The molecule has 0 unspecified atom stereocenters. The molecule has 1 aromatic carbocycles. The van der Waals surface area contributed by atoms with Gasteiger partial charge in [0.15, 0.2) is 0 Å². The van der Waals surface area contributed by atoms with Crippen LogP contribution in [0.15, 0.2) is 24.0 Å². The van der Waals surface area contributed by atoms with Crippen LogP contribution in [0.3, 0.4) is 0 Å². The summed E-state index contributed by atoms with van der Waals surface area (Å²) in [5, 5.41) is 5.77. The molecule has 0 radical (unpaired) electrons. The summed E-state index contributed by atoms with van der Waals surface area (Å²) in [6.45, 7) is 8.36. The van der Waals surface area contributed by atoms with Crippen LogP contribution in [-0.2, 0) is 14.3 Å². The van der Waals surface area contributed by atoms with E-state index < -0.39 is 0 Å². The summed E-state index contributed by atoms with van der Waals surface area (Å²) in [7, 11) is 0. The number of anilines is 1. The molecule has 180 valence electrons. The second-order valence-electron chi connectivity index (χ2n) is 8.72. The third-order valence-corrected chi connectivity index (χ3v) is 5.83. The summed E-state index contributed by atoms with van der Waals surface area (Å²) in [6.07, 6.45) is 6.07. The Kier molecular flexibility index (Phi) is 8.74. The minimum atomic E-state index is -0.278. The van der Waals surface area contributed by atoms with Crippen molar-refractivity contribution >= 4 is 23.4 Å². The molecule has 3 rings (SSSR count). The molecule has 8 nitrogen and oxygen atoms in total. The highest BCUT2D eigenvalue weighted by Crippen LogP contribution is 2.29. The Morgan fingerprint density at radius 3 is 2.73 bits per heavy atom. The van der Waals surface area contributed by atoms with Crippen LogP contribution in [0.2, 0.25) is 0 Å². The number of nitrogens with one attached hydrogen (secondary N) is 2. The number of hydrogen-bond acceptors (Lipinski definition) is 5. The maximum Gasteiger partial charge on any atom is 0.255 e. The zero-order valence-electron chi connectivity index (χ0n) is 19.9. The normalized spacial score (nSPS) is 16.0. The molecule has 33 heavy (non-hydrogen) atoms. The summed E-state index contributed by atoms with van der Waals surface area (Å²) >= 11 is 0. The number of rotatable bonds is 12. The molecule has 0 bridgehead atoms. The Balaban J connectivity index is 1.61. The van der Waals surface area contributed by atoms with Gasteiger partial charge in [-0.3, -0.25) is 14.4 Å². The average Bonchev–Trinajstić information content (AvgIpc) is 3.52. The van der Waals surface area contributed by atoms with Crippen molar-refractivity contribution in [3.63, 3.8) is 0 Å². The standard InChI is InChI=1S/C25H35N3O5/c1-4-33-22-13-17(2)21(27-24(30)18(3)15-32-16-19-8-9-19)14-20(22)25(31)26-10-6-12-28-11-5-7-23(28)29/h13-15,19H,4-12,16H2,1-3H3,(H,26,31)(H,27,30)/b18-15+. The summed E-state index contributed by atoms with van der Waals surface area (Å²) in [4.78, 5) is 39.0. The smallest absolute Gasteiger partial charge is 0.255 e. The third-order valence-electron chi connectivity index (χ3n) is 5.83. The summed E-state index contributed by atoms with van der Waals surface area (Å²) in [6, 6.07) is 3.41. The molecule has 8 heteroatoms. The molecule has 0 spiro atoms. The number of ether oxygens (including phenoxy) is 2. The average molecular weight is 458 g/mol. The van der Waals surface area contributed by atoms with Crippen molar-refractivity contribution in [2.75, 3.05) is 38.2 Å². The van der Waals surface area contributed by atoms with E-state index in [1.54, 1.807) is 19.1 Å². The van der Waals surface area contributed by atoms with Gasteiger partial charge in [0.1, 0.15) is 5.75 Å². The van der Waals surface area contributed by atoms with Gasteiger partial charge in [0.2, 0.25) is 5.91 Å². The molecule has 2 N–H and O–H groups in total. The van der Waals surface area contributed by atoms with Crippen molar-refractivity contribution < 1.29 is 23.9 Å². The number of hydrogen-bond donors (Lipinski definition) is 2. The van der Waals surface area contributed by atoms with Crippen molar-refractivity contribution in [1.29, 1.82) is 0 Å². The van der Waals surface area contributed by atoms with Crippen LogP contribution in [0.1, 0.15) is 61.9 Å². The van der Waals surface area contributed by atoms with Gasteiger partial charge in [-0.15, -0.1) is 0 Å². The highest BCUT2D eigenvalue weighted by Gasteiger charge is 2.22. The Bertz CT molecular complexity index is 908.